The molecule has 7 heteroatoms. The summed E-state index contributed by atoms with van der Waals surface area (Å²) >= 11 is 0. The quantitative estimate of drug-likeness (QED) is 0.611. The van der Waals surface area contributed by atoms with Crippen LogP contribution in [0.15, 0.2) is 54.6 Å². The van der Waals surface area contributed by atoms with E-state index in [0.717, 1.165) is 12.8 Å². The molecule has 0 aliphatic rings. The summed E-state index contributed by atoms with van der Waals surface area (Å²) in [6.07, 6.45) is 1.68. The van der Waals surface area contributed by atoms with Gasteiger partial charge in [-0.15, -0.1) is 0 Å². The molecule has 144 valence electrons. The third kappa shape index (κ3) is 8.04. The maximum absolute atomic E-state index is 12.0. The third-order valence-electron chi connectivity index (χ3n) is 3.77. The monoisotopic (exact) mass is 388 g/mol. The van der Waals surface area contributed by atoms with Crippen LogP contribution in [0, 0.1) is 0 Å². The van der Waals surface area contributed by atoms with Gasteiger partial charge in [-0.25, -0.2) is 0 Å². The van der Waals surface area contributed by atoms with Crippen molar-refractivity contribution < 1.29 is 18.5 Å². The number of hydrogen-bond acceptors (Lipinski definition) is 4. The van der Waals surface area contributed by atoms with Crippen LogP contribution in [0.5, 0.6) is 5.75 Å². The van der Waals surface area contributed by atoms with Gasteiger partial charge >= 0.3 is 0 Å². The summed E-state index contributed by atoms with van der Waals surface area (Å²) in [6.45, 7) is 0.517. The average molecular weight is 388 g/mol. The second-order valence-electron chi connectivity index (χ2n) is 5.94. The van der Waals surface area contributed by atoms with Crippen molar-refractivity contribution in [3.05, 3.63) is 60.2 Å². The molecule has 2 N–H and O–H groups in total. The highest BCUT2D eigenvalue weighted by Gasteiger charge is 2.12. The normalized spacial score (nSPS) is 11.4. The molecule has 2 amide bonds. The first-order valence-corrected chi connectivity index (χ1v) is 10.1. The van der Waals surface area contributed by atoms with Gasteiger partial charge in [-0.3, -0.25) is 13.8 Å². The Morgan fingerprint density at radius 3 is 2.30 bits per heavy atom. The van der Waals surface area contributed by atoms with E-state index in [-0.39, 0.29) is 17.4 Å². The Morgan fingerprint density at radius 1 is 0.963 bits per heavy atom. The minimum atomic E-state index is -1.55. The number of ether oxygens (including phenoxy) is 1. The molecule has 0 bridgehead atoms. The van der Waals surface area contributed by atoms with E-state index in [0.29, 0.717) is 18.0 Å². The van der Waals surface area contributed by atoms with Gasteiger partial charge in [0.15, 0.2) is 0 Å². The predicted molar refractivity (Wildman–Crippen MR) is 107 cm³/mol. The highest BCUT2D eigenvalue weighted by Crippen LogP contribution is 2.14. The van der Waals surface area contributed by atoms with E-state index < -0.39 is 16.7 Å². The van der Waals surface area contributed by atoms with Gasteiger partial charge in [0.1, 0.15) is 17.3 Å². The van der Waals surface area contributed by atoms with Gasteiger partial charge in [-0.1, -0.05) is 30.3 Å². The van der Waals surface area contributed by atoms with Crippen LogP contribution >= 0.6 is 0 Å². The lowest BCUT2D eigenvalue weighted by atomic mass is 10.1. The first-order chi connectivity index (χ1) is 13.1. The molecule has 2 aromatic carbocycles. The maximum Gasteiger partial charge on any atom is 0.237 e. The molecule has 0 aliphatic heterocycles. The molecule has 1 atom stereocenters. The van der Waals surface area contributed by atoms with Crippen molar-refractivity contribution in [3.63, 3.8) is 0 Å². The van der Waals surface area contributed by atoms with E-state index in [2.05, 4.69) is 10.6 Å². The van der Waals surface area contributed by atoms with Gasteiger partial charge in [-0.05, 0) is 42.7 Å². The third-order valence-corrected chi connectivity index (χ3v) is 4.93. The molecule has 2 aromatic rings. The van der Waals surface area contributed by atoms with E-state index >= 15 is 0 Å². The van der Waals surface area contributed by atoms with E-state index in [1.165, 1.54) is 5.56 Å². The second kappa shape index (κ2) is 11.1. The highest BCUT2D eigenvalue weighted by molar-refractivity contribution is 7.86. The molecule has 0 saturated heterocycles. The predicted octanol–water partition coefficient (Wildman–Crippen LogP) is 2.13. The topological polar surface area (TPSA) is 84.5 Å². The lowest BCUT2D eigenvalue weighted by molar-refractivity contribution is -0.118. The zero-order chi connectivity index (χ0) is 19.5. The Morgan fingerprint density at radius 2 is 1.63 bits per heavy atom. The van der Waals surface area contributed by atoms with Crippen LogP contribution in [-0.2, 0) is 26.8 Å². The Hall–Kier alpha value is -2.67. The fourth-order valence-electron chi connectivity index (χ4n) is 2.43. The Labute approximate surface area is 161 Å². The van der Waals surface area contributed by atoms with E-state index in [1.54, 1.807) is 31.4 Å². The Balaban J connectivity index is 1.63. The van der Waals surface area contributed by atoms with Crippen LogP contribution in [0.2, 0.25) is 0 Å². The van der Waals surface area contributed by atoms with Gasteiger partial charge in [0.2, 0.25) is 11.8 Å². The van der Waals surface area contributed by atoms with E-state index in [4.69, 9.17) is 4.74 Å². The lowest BCUT2D eigenvalue weighted by Gasteiger charge is -2.07. The molecule has 27 heavy (non-hydrogen) atoms. The molecule has 6 nitrogen and oxygen atoms in total. The van der Waals surface area contributed by atoms with Crippen LogP contribution in [0.3, 0.4) is 0 Å². The number of carbonyl (C=O) groups is 2. The summed E-state index contributed by atoms with van der Waals surface area (Å²) in [5.74, 6) is -0.417. The number of benzene rings is 2. The minimum Gasteiger partial charge on any atom is -0.497 e. The van der Waals surface area contributed by atoms with Gasteiger partial charge in [0, 0.05) is 23.0 Å². The van der Waals surface area contributed by atoms with Crippen molar-refractivity contribution >= 4 is 28.3 Å². The van der Waals surface area contributed by atoms with Crippen LogP contribution in [0.4, 0.5) is 5.69 Å². The number of amides is 2. The Bertz CT molecular complexity index is 763. The fourth-order valence-corrected chi connectivity index (χ4v) is 3.29. The molecule has 0 aromatic heterocycles. The molecule has 0 aliphatic carbocycles. The summed E-state index contributed by atoms with van der Waals surface area (Å²) in [6, 6.07) is 16.8. The van der Waals surface area contributed by atoms with Crippen molar-refractivity contribution in [2.75, 3.05) is 30.5 Å². The summed E-state index contributed by atoms with van der Waals surface area (Å²) < 4.78 is 17.0. The molecule has 0 heterocycles. The maximum atomic E-state index is 12.0. The molecule has 0 fully saturated rings. The molecular weight excluding hydrogens is 364 g/mol. The van der Waals surface area contributed by atoms with Crippen molar-refractivity contribution in [1.82, 2.24) is 5.32 Å². The SMILES string of the molecule is COc1ccc(NC(=O)CS(=O)CC(=O)NCCCc2ccccc2)cc1. The highest BCUT2D eigenvalue weighted by atomic mass is 32.2. The van der Waals surface area contributed by atoms with Crippen LogP contribution in [0.25, 0.3) is 0 Å². The number of aryl methyl sites for hydroxylation is 1. The first kappa shape index (κ1) is 20.6. The van der Waals surface area contributed by atoms with Crippen molar-refractivity contribution in [2.24, 2.45) is 0 Å². The van der Waals surface area contributed by atoms with Crippen molar-refractivity contribution in [2.45, 2.75) is 12.8 Å². The number of nitrogens with one attached hydrogen (secondary N) is 2. The van der Waals surface area contributed by atoms with Crippen molar-refractivity contribution in [3.8, 4) is 5.75 Å². The van der Waals surface area contributed by atoms with Crippen LogP contribution < -0.4 is 15.4 Å². The van der Waals surface area contributed by atoms with E-state index in [9.17, 15) is 13.8 Å². The molecular formula is C20H24N2O4S. The smallest absolute Gasteiger partial charge is 0.237 e. The minimum absolute atomic E-state index is 0.179. The van der Waals surface area contributed by atoms with Crippen LogP contribution in [-0.4, -0.2) is 41.2 Å². The molecule has 1 unspecified atom stereocenters. The second-order valence-corrected chi connectivity index (χ2v) is 7.40. The number of carbonyl (C=O) groups excluding carboxylic acids is 2. The fraction of sp³-hybridized carbons (Fsp3) is 0.300. The zero-order valence-electron chi connectivity index (χ0n) is 15.3. The van der Waals surface area contributed by atoms with Crippen LogP contribution in [0.1, 0.15) is 12.0 Å². The summed E-state index contributed by atoms with van der Waals surface area (Å²) in [7, 11) is 0.00896. The lowest BCUT2D eigenvalue weighted by Crippen LogP contribution is -2.32. The number of anilines is 1. The van der Waals surface area contributed by atoms with Gasteiger partial charge in [0.05, 0.1) is 7.11 Å². The van der Waals surface area contributed by atoms with Gasteiger partial charge in [-0.2, -0.15) is 0 Å². The Kier molecular flexibility index (Phi) is 8.51. The summed E-state index contributed by atoms with van der Waals surface area (Å²) in [5.41, 5.74) is 1.80. The number of methoxy groups -OCH3 is 1. The molecule has 2 rings (SSSR count). The van der Waals surface area contributed by atoms with Gasteiger partial charge < -0.3 is 15.4 Å². The molecule has 0 saturated carbocycles. The largest absolute Gasteiger partial charge is 0.497 e. The number of hydrogen-bond donors (Lipinski definition) is 2. The van der Waals surface area contributed by atoms with Crippen molar-refractivity contribution in [1.29, 1.82) is 0 Å². The average Bonchev–Trinajstić information content (AvgIpc) is 2.66. The standard InChI is InChI=1S/C20H24N2O4S/c1-26-18-11-9-17(10-12-18)22-20(24)15-27(25)14-19(23)21-13-5-8-16-6-3-2-4-7-16/h2-4,6-7,9-12H,5,8,13-15H2,1H3,(H,21,23)(H,22,24). The van der Waals surface area contributed by atoms with E-state index in [1.807, 2.05) is 30.3 Å². The number of rotatable bonds is 10. The summed E-state index contributed by atoms with van der Waals surface area (Å²) in [4.78, 5) is 23.7. The molecule has 0 radical (unpaired) electrons. The van der Waals surface area contributed by atoms with Gasteiger partial charge in [0.25, 0.3) is 0 Å². The molecule has 0 spiro atoms. The zero-order valence-corrected chi connectivity index (χ0v) is 16.1. The first-order valence-electron chi connectivity index (χ1n) is 8.66. The summed E-state index contributed by atoms with van der Waals surface area (Å²) in [5, 5.41) is 5.39.